The second-order valence-electron chi connectivity index (χ2n) is 1.45. The minimum atomic E-state index is 1.00. The van der Waals surface area contributed by atoms with Gasteiger partial charge in [0.1, 0.15) is 0 Å². The van der Waals surface area contributed by atoms with Gasteiger partial charge in [0, 0.05) is 12.4 Å². The van der Waals surface area contributed by atoms with E-state index in [1.807, 2.05) is 12.2 Å². The maximum atomic E-state index is 8.71. The lowest BCUT2D eigenvalue weighted by Crippen LogP contribution is -1.98. The molecule has 0 fully saturated rings. The van der Waals surface area contributed by atoms with Gasteiger partial charge in [-0.05, 0) is 12.2 Å². The molecule has 1 aliphatic rings. The summed E-state index contributed by atoms with van der Waals surface area (Å²) in [6.07, 6.45) is 10.3. The highest BCUT2D eigenvalue weighted by Crippen LogP contribution is 1.91. The Morgan fingerprint density at radius 2 is 1.38 bits per heavy atom. The summed E-state index contributed by atoms with van der Waals surface area (Å²) >= 11 is 0. The number of hydrogen-bond acceptors (Lipinski definition) is 2. The fourth-order valence-electron chi connectivity index (χ4n) is 0.454. The van der Waals surface area contributed by atoms with Gasteiger partial charge in [0.05, 0.1) is 0 Å². The summed E-state index contributed by atoms with van der Waals surface area (Å²) in [6.45, 7) is 0. The standard InChI is InChI=1S/C6H7NO/c8-7-5-3-1-2-4-6-7/h1-6,8H. The zero-order valence-corrected chi connectivity index (χ0v) is 4.36. The van der Waals surface area contributed by atoms with E-state index in [1.165, 1.54) is 0 Å². The van der Waals surface area contributed by atoms with Crippen LogP contribution in [0.15, 0.2) is 36.7 Å². The van der Waals surface area contributed by atoms with E-state index in [0.29, 0.717) is 0 Å². The van der Waals surface area contributed by atoms with E-state index in [-0.39, 0.29) is 0 Å². The molecule has 0 saturated carbocycles. The average Bonchev–Trinajstić information content (AvgIpc) is 1.94. The summed E-state index contributed by atoms with van der Waals surface area (Å²) in [5.74, 6) is 0. The lowest BCUT2D eigenvalue weighted by atomic mass is 10.5. The van der Waals surface area contributed by atoms with Crippen LogP contribution in [0.3, 0.4) is 0 Å². The molecule has 0 unspecified atom stereocenters. The summed E-state index contributed by atoms with van der Waals surface area (Å²) in [5.41, 5.74) is 0. The molecule has 0 bridgehead atoms. The maximum absolute atomic E-state index is 8.71. The van der Waals surface area contributed by atoms with E-state index in [9.17, 15) is 0 Å². The van der Waals surface area contributed by atoms with Crippen LogP contribution in [0.1, 0.15) is 0 Å². The van der Waals surface area contributed by atoms with Gasteiger partial charge in [-0.25, -0.2) is 5.06 Å². The fraction of sp³-hybridized carbons (Fsp3) is 0. The molecule has 1 N–H and O–H groups in total. The summed E-state index contributed by atoms with van der Waals surface area (Å²) in [7, 11) is 0. The zero-order valence-electron chi connectivity index (χ0n) is 4.36. The van der Waals surface area contributed by atoms with Crippen LogP contribution >= 0.6 is 0 Å². The molecule has 0 atom stereocenters. The fourth-order valence-corrected chi connectivity index (χ4v) is 0.454. The Morgan fingerprint density at radius 3 is 1.88 bits per heavy atom. The minimum Gasteiger partial charge on any atom is -0.285 e. The highest BCUT2D eigenvalue weighted by atomic mass is 16.5. The molecule has 0 aliphatic carbocycles. The highest BCUT2D eigenvalue weighted by Gasteiger charge is 1.81. The first-order chi connectivity index (χ1) is 3.89. The Hall–Kier alpha value is -1.02. The van der Waals surface area contributed by atoms with Crippen LogP contribution in [0.25, 0.3) is 0 Å². The molecule has 2 nitrogen and oxygen atoms in total. The largest absolute Gasteiger partial charge is 0.285 e. The number of hydrogen-bond donors (Lipinski definition) is 1. The molecule has 0 radical (unpaired) electrons. The smallest absolute Gasteiger partial charge is 0.0324 e. The average molecular weight is 109 g/mol. The van der Waals surface area contributed by atoms with Crippen molar-refractivity contribution in [3.63, 3.8) is 0 Å². The Morgan fingerprint density at radius 1 is 0.875 bits per heavy atom. The summed E-state index contributed by atoms with van der Waals surface area (Å²) in [6, 6.07) is 0. The van der Waals surface area contributed by atoms with Gasteiger partial charge in [-0.3, -0.25) is 5.21 Å². The molecule has 0 spiro atoms. The van der Waals surface area contributed by atoms with Crippen LogP contribution < -0.4 is 0 Å². The molecule has 1 aliphatic heterocycles. The first-order valence-corrected chi connectivity index (χ1v) is 2.38. The lowest BCUT2D eigenvalue weighted by molar-refractivity contribution is 0.0118. The van der Waals surface area contributed by atoms with Crippen LogP contribution in [0.5, 0.6) is 0 Å². The van der Waals surface area contributed by atoms with Crippen molar-refractivity contribution in [3.05, 3.63) is 36.7 Å². The second-order valence-corrected chi connectivity index (χ2v) is 1.45. The van der Waals surface area contributed by atoms with Crippen molar-refractivity contribution in [3.8, 4) is 0 Å². The molecule has 1 heterocycles. The van der Waals surface area contributed by atoms with E-state index >= 15 is 0 Å². The third-order valence-electron chi connectivity index (χ3n) is 0.811. The van der Waals surface area contributed by atoms with Crippen LogP contribution in [0.2, 0.25) is 0 Å². The van der Waals surface area contributed by atoms with Gasteiger partial charge in [0.15, 0.2) is 0 Å². The lowest BCUT2D eigenvalue weighted by Gasteiger charge is -1.99. The maximum Gasteiger partial charge on any atom is 0.0324 e. The predicted molar refractivity (Wildman–Crippen MR) is 31.0 cm³/mol. The molecule has 0 amide bonds. The monoisotopic (exact) mass is 109 g/mol. The predicted octanol–water partition coefficient (Wildman–Crippen LogP) is 1.27. The minimum absolute atomic E-state index is 1.00. The van der Waals surface area contributed by atoms with Crippen molar-refractivity contribution in [1.82, 2.24) is 5.06 Å². The molecule has 2 heteroatoms. The molecular weight excluding hydrogens is 102 g/mol. The Kier molecular flexibility index (Phi) is 1.49. The molecule has 8 heavy (non-hydrogen) atoms. The van der Waals surface area contributed by atoms with Crippen LogP contribution in [0, 0.1) is 0 Å². The van der Waals surface area contributed by atoms with Gasteiger partial charge in [0.25, 0.3) is 0 Å². The Labute approximate surface area is 48.0 Å². The quantitative estimate of drug-likeness (QED) is 0.506. The SMILES string of the molecule is ON1C=CC=CC=C1. The van der Waals surface area contributed by atoms with Gasteiger partial charge in [0.2, 0.25) is 0 Å². The first kappa shape index (κ1) is 5.12. The third kappa shape index (κ3) is 1.24. The number of allylic oxidation sites excluding steroid dienone is 4. The molecular formula is C6H7NO. The number of hydroxylamine groups is 2. The van der Waals surface area contributed by atoms with Gasteiger partial charge >= 0.3 is 0 Å². The topological polar surface area (TPSA) is 23.5 Å². The van der Waals surface area contributed by atoms with E-state index in [0.717, 1.165) is 5.06 Å². The van der Waals surface area contributed by atoms with Gasteiger partial charge in [-0.2, -0.15) is 0 Å². The summed E-state index contributed by atoms with van der Waals surface area (Å²) in [4.78, 5) is 0. The van der Waals surface area contributed by atoms with Gasteiger partial charge < -0.3 is 0 Å². The molecule has 0 aromatic rings. The van der Waals surface area contributed by atoms with Gasteiger partial charge in [-0.1, -0.05) is 12.2 Å². The van der Waals surface area contributed by atoms with Crippen molar-refractivity contribution < 1.29 is 5.21 Å². The van der Waals surface area contributed by atoms with Gasteiger partial charge in [-0.15, -0.1) is 0 Å². The highest BCUT2D eigenvalue weighted by molar-refractivity contribution is 5.13. The Balaban J connectivity index is 2.66. The van der Waals surface area contributed by atoms with Crippen LogP contribution in [-0.2, 0) is 0 Å². The van der Waals surface area contributed by atoms with Crippen LogP contribution in [0.4, 0.5) is 0 Å². The molecule has 0 saturated heterocycles. The number of rotatable bonds is 0. The van der Waals surface area contributed by atoms with E-state index in [4.69, 9.17) is 5.21 Å². The summed E-state index contributed by atoms with van der Waals surface area (Å²) in [5, 5.41) is 9.71. The van der Waals surface area contributed by atoms with Crippen molar-refractivity contribution in [2.75, 3.05) is 0 Å². The first-order valence-electron chi connectivity index (χ1n) is 2.38. The zero-order chi connectivity index (χ0) is 5.82. The molecule has 0 aromatic heterocycles. The third-order valence-corrected chi connectivity index (χ3v) is 0.811. The molecule has 0 aromatic carbocycles. The van der Waals surface area contributed by atoms with Crippen LogP contribution in [-0.4, -0.2) is 10.3 Å². The Bertz CT molecular complexity index is 131. The van der Waals surface area contributed by atoms with Crippen molar-refractivity contribution in [1.29, 1.82) is 0 Å². The van der Waals surface area contributed by atoms with Crippen molar-refractivity contribution in [2.24, 2.45) is 0 Å². The van der Waals surface area contributed by atoms with E-state index < -0.39 is 0 Å². The van der Waals surface area contributed by atoms with E-state index in [1.54, 1.807) is 24.6 Å². The normalized spacial score (nSPS) is 16.9. The number of nitrogens with zero attached hydrogens (tertiary/aromatic N) is 1. The second kappa shape index (κ2) is 2.33. The summed E-state index contributed by atoms with van der Waals surface area (Å²) < 4.78 is 0. The van der Waals surface area contributed by atoms with Crippen molar-refractivity contribution >= 4 is 0 Å². The van der Waals surface area contributed by atoms with Crippen molar-refractivity contribution in [2.45, 2.75) is 0 Å². The van der Waals surface area contributed by atoms with E-state index in [2.05, 4.69) is 0 Å². The molecule has 1 rings (SSSR count). The molecule has 42 valence electrons.